The first-order valence-corrected chi connectivity index (χ1v) is 11.4. The standard InChI is InChI=1S/C19H24O4.C7H5F2NO.C2H6/c1-5-13(2)19(23-4)17(14(3)20)12-16-8-6-7-15(11-16)9-10-18(21)22;8-4-2-1-3-5(9)6(4)7(10)11;1-2/h6-8,11,20H,2-3,5,9-10,12H2,1,4H3,(H,21,22);1-3H,(H2,10,11);1-2H3/b19-17+;;. The highest BCUT2D eigenvalue weighted by molar-refractivity contribution is 5.93. The average molecular weight is 504 g/mol. The number of amides is 1. The van der Waals surface area contributed by atoms with Crippen LogP contribution in [0.2, 0.25) is 0 Å². The molecule has 0 heterocycles. The average Bonchev–Trinajstić information content (AvgIpc) is 2.84. The first-order chi connectivity index (χ1) is 17.0. The van der Waals surface area contributed by atoms with Gasteiger partial charge >= 0.3 is 5.97 Å². The quantitative estimate of drug-likeness (QED) is 0.261. The highest BCUT2D eigenvalue weighted by atomic mass is 19.1. The van der Waals surface area contributed by atoms with E-state index in [1.165, 1.54) is 0 Å². The number of carboxylic acid groups (broad SMARTS) is 1. The van der Waals surface area contributed by atoms with Gasteiger partial charge in [0.25, 0.3) is 5.91 Å². The van der Waals surface area contributed by atoms with Gasteiger partial charge in [-0.1, -0.05) is 64.3 Å². The number of aryl methyl sites for hydroxylation is 1. The molecule has 0 aromatic heterocycles. The number of nitrogens with two attached hydrogens (primary N) is 1. The van der Waals surface area contributed by atoms with Crippen molar-refractivity contribution in [3.63, 3.8) is 0 Å². The lowest BCUT2D eigenvalue weighted by Gasteiger charge is -2.15. The monoisotopic (exact) mass is 503 g/mol. The van der Waals surface area contributed by atoms with Crippen molar-refractivity contribution in [3.05, 3.63) is 107 Å². The number of hydrogen-bond acceptors (Lipinski definition) is 4. The predicted molar refractivity (Wildman–Crippen MR) is 138 cm³/mol. The largest absolute Gasteiger partial charge is 0.508 e. The van der Waals surface area contributed by atoms with E-state index in [4.69, 9.17) is 15.6 Å². The number of hydrogen-bond donors (Lipinski definition) is 3. The molecule has 0 aliphatic carbocycles. The Kier molecular flexibility index (Phi) is 14.8. The Morgan fingerprint density at radius 3 is 1.94 bits per heavy atom. The van der Waals surface area contributed by atoms with Crippen molar-refractivity contribution in [3.8, 4) is 0 Å². The van der Waals surface area contributed by atoms with E-state index in [1.54, 1.807) is 7.11 Å². The number of aliphatic hydroxyl groups is 1. The van der Waals surface area contributed by atoms with Gasteiger partial charge in [-0.25, -0.2) is 8.78 Å². The number of allylic oxidation sites excluding steroid dienone is 2. The molecule has 2 rings (SSSR count). The summed E-state index contributed by atoms with van der Waals surface area (Å²) in [5.74, 6) is -3.28. The molecule has 4 N–H and O–H groups in total. The maximum absolute atomic E-state index is 12.6. The molecule has 36 heavy (non-hydrogen) atoms. The maximum atomic E-state index is 12.6. The number of carbonyl (C=O) groups excluding carboxylic acids is 1. The Bertz CT molecular complexity index is 1070. The molecule has 2 aromatic carbocycles. The van der Waals surface area contributed by atoms with Gasteiger partial charge in [0.1, 0.15) is 28.7 Å². The van der Waals surface area contributed by atoms with Crippen LogP contribution in [0.5, 0.6) is 0 Å². The van der Waals surface area contributed by atoms with E-state index in [2.05, 4.69) is 13.2 Å². The molecule has 0 saturated carbocycles. The summed E-state index contributed by atoms with van der Waals surface area (Å²) in [5.41, 5.74) is 7.29. The van der Waals surface area contributed by atoms with Crippen LogP contribution in [0.1, 0.15) is 55.1 Å². The summed E-state index contributed by atoms with van der Waals surface area (Å²) in [6.07, 6.45) is 1.72. The van der Waals surface area contributed by atoms with Crippen LogP contribution in [-0.2, 0) is 22.4 Å². The third-order valence-corrected chi connectivity index (χ3v) is 4.78. The number of carbonyl (C=O) groups is 2. The number of halogens is 2. The van der Waals surface area contributed by atoms with Gasteiger partial charge in [-0.3, -0.25) is 9.59 Å². The first-order valence-electron chi connectivity index (χ1n) is 11.4. The molecule has 1 amide bonds. The fraction of sp³-hybridized carbons (Fsp3) is 0.286. The second-order valence-corrected chi connectivity index (χ2v) is 7.27. The highest BCUT2D eigenvalue weighted by Gasteiger charge is 2.14. The van der Waals surface area contributed by atoms with E-state index in [0.29, 0.717) is 30.6 Å². The van der Waals surface area contributed by atoms with Crippen molar-refractivity contribution in [2.45, 2.75) is 46.5 Å². The molecular weight excluding hydrogens is 468 g/mol. The number of carboxylic acids is 1. The molecule has 0 aliphatic heterocycles. The Morgan fingerprint density at radius 1 is 1.00 bits per heavy atom. The molecule has 0 spiro atoms. The molecule has 0 unspecified atom stereocenters. The van der Waals surface area contributed by atoms with Crippen LogP contribution in [0.4, 0.5) is 8.78 Å². The lowest BCUT2D eigenvalue weighted by Crippen LogP contribution is -2.15. The van der Waals surface area contributed by atoms with Gasteiger partial charge < -0.3 is 20.7 Å². The van der Waals surface area contributed by atoms with Crippen molar-refractivity contribution in [1.82, 2.24) is 0 Å². The second kappa shape index (κ2) is 16.6. The second-order valence-electron chi connectivity index (χ2n) is 7.27. The molecule has 196 valence electrons. The zero-order valence-corrected chi connectivity index (χ0v) is 21.2. The van der Waals surface area contributed by atoms with Crippen LogP contribution in [0.25, 0.3) is 0 Å². The Balaban J connectivity index is 0.000000784. The number of primary amides is 1. The van der Waals surface area contributed by atoms with Gasteiger partial charge in [0.2, 0.25) is 0 Å². The summed E-state index contributed by atoms with van der Waals surface area (Å²) in [4.78, 5) is 21.1. The maximum Gasteiger partial charge on any atom is 0.303 e. The van der Waals surface area contributed by atoms with Crippen molar-refractivity contribution >= 4 is 11.9 Å². The summed E-state index contributed by atoms with van der Waals surface area (Å²) in [5, 5.41) is 18.7. The number of aliphatic hydroxyl groups excluding tert-OH is 1. The Hall–Kier alpha value is -3.94. The molecular formula is C28H35F2NO5. The van der Waals surface area contributed by atoms with E-state index in [1.807, 2.05) is 45.0 Å². The number of ether oxygens (including phenoxy) is 1. The number of rotatable bonds is 10. The first kappa shape index (κ1) is 32.1. The van der Waals surface area contributed by atoms with Gasteiger partial charge in [0, 0.05) is 18.4 Å². The molecule has 0 aliphatic rings. The predicted octanol–water partition coefficient (Wildman–Crippen LogP) is 6.27. The summed E-state index contributed by atoms with van der Waals surface area (Å²) in [7, 11) is 1.54. The lowest BCUT2D eigenvalue weighted by atomic mass is 9.97. The van der Waals surface area contributed by atoms with Crippen molar-refractivity contribution in [1.29, 1.82) is 0 Å². The van der Waals surface area contributed by atoms with Crippen LogP contribution >= 0.6 is 0 Å². The van der Waals surface area contributed by atoms with E-state index in [0.717, 1.165) is 34.9 Å². The molecule has 0 saturated heterocycles. The smallest absolute Gasteiger partial charge is 0.303 e. The topological polar surface area (TPSA) is 110 Å². The van der Waals surface area contributed by atoms with Crippen LogP contribution < -0.4 is 5.73 Å². The van der Waals surface area contributed by atoms with Crippen molar-refractivity contribution in [2.75, 3.05) is 7.11 Å². The van der Waals surface area contributed by atoms with Crippen LogP contribution in [-0.4, -0.2) is 29.2 Å². The molecule has 0 atom stereocenters. The number of methoxy groups -OCH3 is 1. The fourth-order valence-corrected chi connectivity index (χ4v) is 3.04. The Labute approximate surface area is 211 Å². The molecule has 8 heteroatoms. The van der Waals surface area contributed by atoms with Gasteiger partial charge in [-0.2, -0.15) is 0 Å². The van der Waals surface area contributed by atoms with Crippen LogP contribution in [0.3, 0.4) is 0 Å². The summed E-state index contributed by atoms with van der Waals surface area (Å²) >= 11 is 0. The number of aliphatic carboxylic acids is 1. The summed E-state index contributed by atoms with van der Waals surface area (Å²) in [6.45, 7) is 13.5. The summed E-state index contributed by atoms with van der Waals surface area (Å²) in [6, 6.07) is 10.8. The van der Waals surface area contributed by atoms with Gasteiger partial charge in [0.15, 0.2) is 0 Å². The Morgan fingerprint density at radius 2 is 1.53 bits per heavy atom. The van der Waals surface area contributed by atoms with E-state index >= 15 is 0 Å². The fourth-order valence-electron chi connectivity index (χ4n) is 3.04. The van der Waals surface area contributed by atoms with Gasteiger partial charge in [-0.15, -0.1) is 0 Å². The summed E-state index contributed by atoms with van der Waals surface area (Å²) < 4.78 is 30.5. The van der Waals surface area contributed by atoms with Crippen LogP contribution in [0, 0.1) is 11.6 Å². The zero-order valence-electron chi connectivity index (χ0n) is 21.2. The van der Waals surface area contributed by atoms with E-state index in [9.17, 15) is 23.5 Å². The van der Waals surface area contributed by atoms with E-state index < -0.39 is 29.1 Å². The van der Waals surface area contributed by atoms with E-state index in [-0.39, 0.29) is 12.2 Å². The minimum absolute atomic E-state index is 0.0487. The third-order valence-electron chi connectivity index (χ3n) is 4.78. The zero-order chi connectivity index (χ0) is 27.8. The third kappa shape index (κ3) is 10.5. The molecule has 6 nitrogen and oxygen atoms in total. The minimum Gasteiger partial charge on any atom is -0.508 e. The van der Waals surface area contributed by atoms with Crippen molar-refractivity contribution in [2.24, 2.45) is 5.73 Å². The lowest BCUT2D eigenvalue weighted by molar-refractivity contribution is -0.136. The highest BCUT2D eigenvalue weighted by Crippen LogP contribution is 2.25. The number of benzene rings is 2. The van der Waals surface area contributed by atoms with Crippen molar-refractivity contribution < 1.29 is 33.3 Å². The van der Waals surface area contributed by atoms with Crippen LogP contribution in [0.15, 0.2) is 78.3 Å². The molecule has 0 fully saturated rings. The van der Waals surface area contributed by atoms with Gasteiger partial charge in [0.05, 0.1) is 7.11 Å². The molecule has 0 radical (unpaired) electrons. The van der Waals surface area contributed by atoms with Gasteiger partial charge in [-0.05, 0) is 41.7 Å². The normalized spacial score (nSPS) is 10.5. The SMILES string of the molecule is C=C(O)/C(Cc1cccc(CCC(=O)O)c1)=C(/OC)C(=C)CC.CC.NC(=O)c1c(F)cccc1F. The minimum atomic E-state index is -1.10. The molecule has 2 aromatic rings. The molecule has 0 bridgehead atoms.